The molecule has 0 spiro atoms. The average molecular weight is 262 g/mol. The Morgan fingerprint density at radius 1 is 1.47 bits per heavy atom. The minimum atomic E-state index is -0.176. The van der Waals surface area contributed by atoms with Gasteiger partial charge in [-0.15, -0.1) is 0 Å². The molecule has 0 bridgehead atoms. The van der Waals surface area contributed by atoms with Gasteiger partial charge in [0, 0.05) is 18.8 Å². The highest BCUT2D eigenvalue weighted by Crippen LogP contribution is 2.26. The average Bonchev–Trinajstić information content (AvgIpc) is 2.54. The molecular formula is C15H22N2O2. The smallest absolute Gasteiger partial charge is 0.242 e. The molecule has 0 aliphatic carbocycles. The lowest BCUT2D eigenvalue weighted by Gasteiger charge is -2.31. The van der Waals surface area contributed by atoms with Gasteiger partial charge >= 0.3 is 0 Å². The van der Waals surface area contributed by atoms with Gasteiger partial charge in [-0.3, -0.25) is 9.69 Å². The third kappa shape index (κ3) is 2.96. The first-order valence-corrected chi connectivity index (χ1v) is 6.91. The molecule has 19 heavy (non-hydrogen) atoms. The van der Waals surface area contributed by atoms with Crippen molar-refractivity contribution in [3.8, 4) is 0 Å². The number of hydrogen-bond donors (Lipinski definition) is 2. The number of carbonyl (C=O) groups excluding carboxylic acids is 1. The number of para-hydroxylation sites is 1. The highest BCUT2D eigenvalue weighted by Gasteiger charge is 2.33. The largest absolute Gasteiger partial charge is 0.395 e. The zero-order chi connectivity index (χ0) is 13.8. The van der Waals surface area contributed by atoms with Gasteiger partial charge in [-0.05, 0) is 17.5 Å². The quantitative estimate of drug-likeness (QED) is 0.870. The summed E-state index contributed by atoms with van der Waals surface area (Å²) >= 11 is 0. The summed E-state index contributed by atoms with van der Waals surface area (Å²) in [6.45, 7) is 5.47. The predicted octanol–water partition coefficient (Wildman–Crippen LogP) is 1.85. The molecule has 0 saturated carbocycles. The first-order valence-electron chi connectivity index (χ1n) is 6.91. The summed E-state index contributed by atoms with van der Waals surface area (Å²) in [5, 5.41) is 12.3. The molecule has 1 aromatic rings. The van der Waals surface area contributed by atoms with Crippen molar-refractivity contribution in [3.63, 3.8) is 0 Å². The van der Waals surface area contributed by atoms with Gasteiger partial charge in [-0.2, -0.15) is 0 Å². The van der Waals surface area contributed by atoms with E-state index in [4.69, 9.17) is 0 Å². The third-order valence-corrected chi connectivity index (χ3v) is 3.88. The number of benzene rings is 1. The van der Waals surface area contributed by atoms with Gasteiger partial charge in [-0.1, -0.05) is 38.5 Å². The second kappa shape index (κ2) is 6.17. The molecule has 4 nitrogen and oxygen atoms in total. The van der Waals surface area contributed by atoms with Crippen LogP contribution in [0.3, 0.4) is 0 Å². The van der Waals surface area contributed by atoms with Crippen molar-refractivity contribution in [2.24, 2.45) is 5.92 Å². The van der Waals surface area contributed by atoms with E-state index < -0.39 is 0 Å². The molecule has 2 N–H and O–H groups in total. The highest BCUT2D eigenvalue weighted by molar-refractivity contribution is 5.96. The topological polar surface area (TPSA) is 52.6 Å². The lowest BCUT2D eigenvalue weighted by molar-refractivity contribution is -0.123. The van der Waals surface area contributed by atoms with Crippen LogP contribution in [0.4, 0.5) is 5.69 Å². The van der Waals surface area contributed by atoms with Crippen molar-refractivity contribution in [3.05, 3.63) is 29.8 Å². The Morgan fingerprint density at radius 2 is 2.21 bits per heavy atom. The van der Waals surface area contributed by atoms with Crippen LogP contribution >= 0.6 is 0 Å². The molecule has 104 valence electrons. The van der Waals surface area contributed by atoms with Crippen molar-refractivity contribution >= 4 is 11.6 Å². The van der Waals surface area contributed by atoms with Crippen LogP contribution in [0, 0.1) is 5.92 Å². The standard InChI is InChI=1S/C15H22N2O2/c1-3-11(2)14-15(19)16-13-7-5-4-6-12(13)10-17(14)8-9-18/h4-7,11,14,18H,3,8-10H2,1-2H3,(H,16,19). The second-order valence-corrected chi connectivity index (χ2v) is 5.17. The Hall–Kier alpha value is -1.39. The van der Waals surface area contributed by atoms with E-state index in [1.807, 2.05) is 24.3 Å². The molecule has 0 radical (unpaired) electrons. The number of rotatable bonds is 4. The molecule has 1 heterocycles. The number of nitrogens with one attached hydrogen (secondary N) is 1. The van der Waals surface area contributed by atoms with Crippen molar-refractivity contribution in [1.82, 2.24) is 4.90 Å². The summed E-state index contributed by atoms with van der Waals surface area (Å²) in [6, 6.07) is 7.69. The van der Waals surface area contributed by atoms with Gasteiger partial charge in [-0.25, -0.2) is 0 Å². The Balaban J connectivity index is 2.33. The number of carbonyl (C=O) groups is 1. The Kier molecular flexibility index (Phi) is 4.56. The van der Waals surface area contributed by atoms with Gasteiger partial charge < -0.3 is 10.4 Å². The van der Waals surface area contributed by atoms with Crippen LogP contribution in [-0.2, 0) is 11.3 Å². The summed E-state index contributed by atoms with van der Waals surface area (Å²) in [7, 11) is 0. The molecular weight excluding hydrogens is 240 g/mol. The lowest BCUT2D eigenvalue weighted by atomic mass is 9.97. The zero-order valence-corrected chi connectivity index (χ0v) is 11.6. The number of nitrogens with zero attached hydrogens (tertiary/aromatic N) is 1. The second-order valence-electron chi connectivity index (χ2n) is 5.17. The molecule has 2 unspecified atom stereocenters. The van der Waals surface area contributed by atoms with Crippen molar-refractivity contribution in [2.75, 3.05) is 18.5 Å². The van der Waals surface area contributed by atoms with Crippen LogP contribution in [0.15, 0.2) is 24.3 Å². The number of anilines is 1. The molecule has 1 aliphatic heterocycles. The normalized spacial score (nSPS) is 21.4. The highest BCUT2D eigenvalue weighted by atomic mass is 16.3. The minimum Gasteiger partial charge on any atom is -0.395 e. The molecule has 0 aromatic heterocycles. The summed E-state index contributed by atoms with van der Waals surface area (Å²) in [6.07, 6.45) is 0.941. The zero-order valence-electron chi connectivity index (χ0n) is 11.6. The Labute approximate surface area is 114 Å². The van der Waals surface area contributed by atoms with E-state index in [1.165, 1.54) is 0 Å². The van der Waals surface area contributed by atoms with Crippen LogP contribution in [-0.4, -0.2) is 35.1 Å². The van der Waals surface area contributed by atoms with E-state index in [9.17, 15) is 9.90 Å². The Morgan fingerprint density at radius 3 is 2.89 bits per heavy atom. The molecule has 2 rings (SSSR count). The van der Waals surface area contributed by atoms with Crippen LogP contribution in [0.2, 0.25) is 0 Å². The monoisotopic (exact) mass is 262 g/mol. The molecule has 2 atom stereocenters. The minimum absolute atomic E-state index is 0.0350. The van der Waals surface area contributed by atoms with Crippen LogP contribution in [0.5, 0.6) is 0 Å². The molecule has 0 saturated heterocycles. The van der Waals surface area contributed by atoms with Gasteiger partial charge in [0.1, 0.15) is 0 Å². The first-order chi connectivity index (χ1) is 9.17. The van der Waals surface area contributed by atoms with Gasteiger partial charge in [0.05, 0.1) is 12.6 Å². The number of amides is 1. The molecule has 0 fully saturated rings. The van der Waals surface area contributed by atoms with E-state index in [0.717, 1.165) is 17.7 Å². The SMILES string of the molecule is CCC(C)C1C(=O)Nc2ccccc2CN1CCO. The van der Waals surface area contributed by atoms with Crippen LogP contribution in [0.1, 0.15) is 25.8 Å². The maximum Gasteiger partial charge on any atom is 0.242 e. The van der Waals surface area contributed by atoms with Gasteiger partial charge in [0.25, 0.3) is 0 Å². The molecule has 1 aromatic carbocycles. The fourth-order valence-corrected chi connectivity index (χ4v) is 2.66. The van der Waals surface area contributed by atoms with Crippen molar-refractivity contribution < 1.29 is 9.90 Å². The fraction of sp³-hybridized carbons (Fsp3) is 0.533. The third-order valence-electron chi connectivity index (χ3n) is 3.88. The number of aliphatic hydroxyl groups excluding tert-OH is 1. The number of fused-ring (bicyclic) bond motifs is 1. The van der Waals surface area contributed by atoms with Crippen LogP contribution in [0.25, 0.3) is 0 Å². The maximum absolute atomic E-state index is 12.4. The number of hydrogen-bond acceptors (Lipinski definition) is 3. The molecule has 4 heteroatoms. The van der Waals surface area contributed by atoms with E-state index in [2.05, 4.69) is 24.1 Å². The van der Waals surface area contributed by atoms with Crippen LogP contribution < -0.4 is 5.32 Å². The fourth-order valence-electron chi connectivity index (χ4n) is 2.66. The van der Waals surface area contributed by atoms with E-state index in [0.29, 0.717) is 13.1 Å². The summed E-state index contributed by atoms with van der Waals surface area (Å²) in [5.74, 6) is 0.300. The van der Waals surface area contributed by atoms with Crippen molar-refractivity contribution in [1.29, 1.82) is 0 Å². The Bertz CT molecular complexity index is 448. The van der Waals surface area contributed by atoms with Gasteiger partial charge in [0.15, 0.2) is 0 Å². The summed E-state index contributed by atoms with van der Waals surface area (Å²) < 4.78 is 0. The molecule has 1 aliphatic rings. The number of aliphatic hydroxyl groups is 1. The van der Waals surface area contributed by atoms with Crippen molar-refractivity contribution in [2.45, 2.75) is 32.9 Å². The maximum atomic E-state index is 12.4. The predicted molar refractivity (Wildman–Crippen MR) is 75.8 cm³/mol. The summed E-state index contributed by atoms with van der Waals surface area (Å²) in [4.78, 5) is 14.5. The van der Waals surface area contributed by atoms with E-state index >= 15 is 0 Å². The summed E-state index contributed by atoms with van der Waals surface area (Å²) in [5.41, 5.74) is 2.00. The lowest BCUT2D eigenvalue weighted by Crippen LogP contribution is -2.47. The number of β-amino-alcohol motifs (C(OH)–C–C–N with tert-alkyl or cyclic N) is 1. The first kappa shape index (κ1) is 14.0. The van der Waals surface area contributed by atoms with E-state index in [1.54, 1.807) is 0 Å². The van der Waals surface area contributed by atoms with Gasteiger partial charge in [0.2, 0.25) is 5.91 Å². The molecule has 1 amide bonds. The van der Waals surface area contributed by atoms with E-state index in [-0.39, 0.29) is 24.5 Å².